The molecule has 2 aromatic rings. The number of nitrogen functional groups attached to an aromatic ring is 1. The topological polar surface area (TPSA) is 78.9 Å². The normalized spacial score (nSPS) is 29.6. The van der Waals surface area contributed by atoms with Gasteiger partial charge in [0.05, 0.1) is 11.9 Å². The summed E-state index contributed by atoms with van der Waals surface area (Å²) in [5.74, 6) is 1.26. The Labute approximate surface area is 141 Å². The van der Waals surface area contributed by atoms with Gasteiger partial charge in [-0.1, -0.05) is 20.8 Å². The number of nitrogens with two attached hydrogens (primary N) is 1. The molecule has 1 fully saturated rings. The molecule has 4 atom stereocenters. The minimum absolute atomic E-state index is 0. The van der Waals surface area contributed by atoms with Crippen molar-refractivity contribution in [1.82, 2.24) is 19.5 Å². The molecule has 6 nitrogen and oxygen atoms in total. The van der Waals surface area contributed by atoms with Crippen LogP contribution in [0.5, 0.6) is 0 Å². The van der Waals surface area contributed by atoms with Crippen LogP contribution in [0.15, 0.2) is 6.33 Å². The molecule has 0 bridgehead atoms. The zero-order valence-electron chi connectivity index (χ0n) is 11.9. The number of aromatic nitrogens is 4. The first kappa shape index (κ1) is 15.7. The van der Waals surface area contributed by atoms with Gasteiger partial charge >= 0.3 is 0 Å². The maximum absolute atomic E-state index is 6.12. The number of anilines is 1. The summed E-state index contributed by atoms with van der Waals surface area (Å²) in [4.78, 5) is 12.4. The maximum Gasteiger partial charge on any atom is 0.118 e. The molecule has 0 aliphatic carbocycles. The molecule has 1 aliphatic rings. The Kier molecular flexibility index (Phi) is 4.73. The predicted octanol–water partition coefficient (Wildman–Crippen LogP) is 1.79. The molecule has 7 heteroatoms. The van der Waals surface area contributed by atoms with E-state index in [2.05, 4.69) is 42.1 Å². The molecule has 106 valence electrons. The first-order chi connectivity index (χ1) is 9.13. The van der Waals surface area contributed by atoms with Crippen LogP contribution in [0.1, 0.15) is 33.4 Å². The van der Waals surface area contributed by atoms with Gasteiger partial charge in [0.2, 0.25) is 0 Å². The molecule has 0 amide bonds. The number of hydrogen-bond acceptors (Lipinski definition) is 5. The van der Waals surface area contributed by atoms with Crippen molar-refractivity contribution < 1.29 is 35.9 Å². The minimum Gasteiger partial charge on any atom is -0.408 e. The Morgan fingerprint density at radius 1 is 1.35 bits per heavy atom. The van der Waals surface area contributed by atoms with Crippen LogP contribution in [0.2, 0.25) is 0 Å². The van der Waals surface area contributed by atoms with Crippen molar-refractivity contribution >= 4 is 17.0 Å². The van der Waals surface area contributed by atoms with E-state index in [1.165, 1.54) is 6.33 Å². The Balaban J connectivity index is 0.00000147. The summed E-state index contributed by atoms with van der Waals surface area (Å²) < 4.78 is 7.97. The van der Waals surface area contributed by atoms with Gasteiger partial charge in [0.15, 0.2) is 0 Å². The van der Waals surface area contributed by atoms with E-state index in [9.17, 15) is 0 Å². The molecule has 20 heavy (non-hydrogen) atoms. The zero-order chi connectivity index (χ0) is 13.6. The second kappa shape index (κ2) is 6.00. The van der Waals surface area contributed by atoms with Gasteiger partial charge in [0, 0.05) is 49.0 Å². The van der Waals surface area contributed by atoms with Crippen LogP contribution in [-0.4, -0.2) is 25.6 Å². The molecule has 0 aromatic carbocycles. The van der Waals surface area contributed by atoms with E-state index < -0.39 is 0 Å². The van der Waals surface area contributed by atoms with E-state index in [0.29, 0.717) is 28.8 Å². The minimum atomic E-state index is -0.0840. The van der Waals surface area contributed by atoms with Crippen molar-refractivity contribution in [3.05, 3.63) is 12.7 Å². The van der Waals surface area contributed by atoms with Crippen LogP contribution in [0, 0.1) is 49.3 Å². The quantitative estimate of drug-likeness (QED) is 0.640. The smallest absolute Gasteiger partial charge is 0.118 e. The van der Waals surface area contributed by atoms with Crippen LogP contribution < -0.4 is 5.73 Å². The summed E-state index contributed by atoms with van der Waals surface area (Å²) in [6.07, 6.45) is 5.59. The zero-order valence-corrected chi connectivity index (χ0v) is 16.0. The Bertz CT molecular complexity index is 601. The van der Waals surface area contributed by atoms with Crippen LogP contribution >= 0.6 is 0 Å². The van der Waals surface area contributed by atoms with E-state index in [0.717, 1.165) is 6.42 Å². The van der Waals surface area contributed by atoms with Gasteiger partial charge < -0.3 is 20.0 Å². The number of fused-ring (bicyclic) bond motifs is 1. The second-order valence-electron chi connectivity index (χ2n) is 5.20. The number of imidazole rings is 1. The third-order valence-corrected chi connectivity index (χ3v) is 4.17. The van der Waals surface area contributed by atoms with Crippen molar-refractivity contribution in [2.24, 2.45) is 11.8 Å². The first-order valence-corrected chi connectivity index (χ1v) is 6.65. The standard InChI is InChI=1S/C13H18N5O.U/c1-4-9-7(2)8(3)13(19-9)18-6-17-10-11(14)15-5-16-12(10)18;/h5,7-9,13H,4H2,1-3H3,(H2,14,15,16);/q-1;/t7-,8?,9+,13+;/m0./s1. The fourth-order valence-corrected chi connectivity index (χ4v) is 2.78. The van der Waals surface area contributed by atoms with Gasteiger partial charge in [-0.2, -0.15) is 0 Å². The Hall–Kier alpha value is -0.638. The SMILES string of the molecule is CC[C@H]1O[C@@H](n2[c-]nc3c(N)ncnc32)C(C)[C@@H]1C.[U]. The molecule has 1 saturated heterocycles. The van der Waals surface area contributed by atoms with E-state index in [4.69, 9.17) is 10.5 Å². The molecule has 0 radical (unpaired) electrons. The van der Waals surface area contributed by atoms with Gasteiger partial charge in [-0.3, -0.25) is 4.98 Å². The summed E-state index contributed by atoms with van der Waals surface area (Å²) in [5, 5.41) is 0. The average Bonchev–Trinajstić information content (AvgIpc) is 2.94. The first-order valence-electron chi connectivity index (χ1n) is 6.65. The van der Waals surface area contributed by atoms with Gasteiger partial charge in [0.1, 0.15) is 12.6 Å². The van der Waals surface area contributed by atoms with Crippen LogP contribution in [0.25, 0.3) is 11.2 Å². The van der Waals surface area contributed by atoms with E-state index in [1.54, 1.807) is 0 Å². The van der Waals surface area contributed by atoms with Crippen LogP contribution in [0.3, 0.4) is 0 Å². The van der Waals surface area contributed by atoms with E-state index in [-0.39, 0.29) is 43.4 Å². The van der Waals surface area contributed by atoms with Crippen LogP contribution in [-0.2, 0) is 4.74 Å². The summed E-state index contributed by atoms with van der Waals surface area (Å²) in [7, 11) is 0. The maximum atomic E-state index is 6.12. The molecule has 0 spiro atoms. The monoisotopic (exact) mass is 498 g/mol. The number of ether oxygens (including phenoxy) is 1. The molecule has 3 heterocycles. The van der Waals surface area contributed by atoms with Crippen LogP contribution in [0.4, 0.5) is 5.82 Å². The van der Waals surface area contributed by atoms with Crippen molar-refractivity contribution in [2.45, 2.75) is 39.5 Å². The van der Waals surface area contributed by atoms with Gasteiger partial charge in [0.25, 0.3) is 0 Å². The second-order valence-corrected chi connectivity index (χ2v) is 5.20. The summed E-state index contributed by atoms with van der Waals surface area (Å²) >= 11 is 0. The number of nitrogens with zero attached hydrogens (tertiary/aromatic N) is 4. The third kappa shape index (κ3) is 2.36. The van der Waals surface area contributed by atoms with Crippen molar-refractivity contribution in [3.8, 4) is 0 Å². The molecular weight excluding hydrogens is 480 g/mol. The van der Waals surface area contributed by atoms with Crippen molar-refractivity contribution in [3.63, 3.8) is 0 Å². The fourth-order valence-electron chi connectivity index (χ4n) is 2.78. The molecule has 2 N–H and O–H groups in total. The molecule has 2 aromatic heterocycles. The number of rotatable bonds is 2. The molecule has 1 unspecified atom stereocenters. The van der Waals surface area contributed by atoms with Gasteiger partial charge in [-0.05, 0) is 17.9 Å². The summed E-state index contributed by atoms with van der Waals surface area (Å²) in [5.41, 5.74) is 7.07. The Morgan fingerprint density at radius 3 is 2.75 bits per heavy atom. The van der Waals surface area contributed by atoms with Crippen molar-refractivity contribution in [1.29, 1.82) is 0 Å². The predicted molar refractivity (Wildman–Crippen MR) is 71.1 cm³/mol. The van der Waals surface area contributed by atoms with Crippen molar-refractivity contribution in [2.75, 3.05) is 5.73 Å². The van der Waals surface area contributed by atoms with Gasteiger partial charge in [-0.15, -0.1) is 0 Å². The summed E-state index contributed by atoms with van der Waals surface area (Å²) in [6.45, 7) is 6.56. The molecular formula is C13H18N5OU-. The van der Waals surface area contributed by atoms with Gasteiger partial charge in [-0.25, -0.2) is 4.98 Å². The average molecular weight is 498 g/mol. The molecule has 3 rings (SSSR count). The molecule has 1 aliphatic heterocycles. The molecule has 0 saturated carbocycles. The number of hydrogen-bond donors (Lipinski definition) is 1. The largest absolute Gasteiger partial charge is 0.408 e. The summed E-state index contributed by atoms with van der Waals surface area (Å²) in [6, 6.07) is 0. The third-order valence-electron chi connectivity index (χ3n) is 4.17. The van der Waals surface area contributed by atoms with E-state index >= 15 is 0 Å². The van der Waals surface area contributed by atoms with E-state index in [1.807, 2.05) is 4.57 Å². The fraction of sp³-hybridized carbons (Fsp3) is 0.615. The Morgan fingerprint density at radius 2 is 2.10 bits per heavy atom.